The SMILES string of the molecule is FC(F)(F)/C=C(/C(=C/C(F)(F)F)c1cccc(Cl)c1)c1cccc(Cl)c1. The fourth-order valence-corrected chi connectivity index (χ4v) is 2.65. The molecule has 0 aliphatic rings. The van der Waals surface area contributed by atoms with E-state index in [0.717, 1.165) is 12.1 Å². The lowest BCUT2D eigenvalue weighted by Crippen LogP contribution is -2.08. The van der Waals surface area contributed by atoms with Crippen LogP contribution >= 0.6 is 23.2 Å². The van der Waals surface area contributed by atoms with Crippen molar-refractivity contribution >= 4 is 34.3 Å². The van der Waals surface area contributed by atoms with Crippen molar-refractivity contribution in [3.8, 4) is 0 Å². The molecule has 0 bridgehead atoms. The standard InChI is InChI=1S/C18H10Cl2F6/c19-13-5-1-3-11(7-13)15(9-17(21,22)23)16(10-18(24,25)26)12-4-2-6-14(20)8-12/h1-10H/b15-9+,16-10+. The van der Waals surface area contributed by atoms with Crippen LogP contribution in [0.15, 0.2) is 60.7 Å². The van der Waals surface area contributed by atoms with Gasteiger partial charge >= 0.3 is 12.4 Å². The highest BCUT2D eigenvalue weighted by atomic mass is 35.5. The van der Waals surface area contributed by atoms with E-state index in [1.54, 1.807) is 0 Å². The van der Waals surface area contributed by atoms with Gasteiger partial charge in [-0.2, -0.15) is 26.3 Å². The summed E-state index contributed by atoms with van der Waals surface area (Å²) in [5.74, 6) is 0. The highest BCUT2D eigenvalue weighted by molar-refractivity contribution is 6.31. The molecule has 8 heteroatoms. The molecular weight excluding hydrogens is 401 g/mol. The van der Waals surface area contributed by atoms with Gasteiger partial charge in [-0.15, -0.1) is 0 Å². The number of hydrogen-bond donors (Lipinski definition) is 0. The van der Waals surface area contributed by atoms with Crippen LogP contribution in [-0.4, -0.2) is 12.4 Å². The van der Waals surface area contributed by atoms with Gasteiger partial charge < -0.3 is 0 Å². The summed E-state index contributed by atoms with van der Waals surface area (Å²) in [4.78, 5) is 0. The third-order valence-corrected chi connectivity index (χ3v) is 3.65. The van der Waals surface area contributed by atoms with E-state index in [0.29, 0.717) is 0 Å². The van der Waals surface area contributed by atoms with Gasteiger partial charge in [0.05, 0.1) is 0 Å². The van der Waals surface area contributed by atoms with Crippen molar-refractivity contribution in [1.29, 1.82) is 0 Å². The monoisotopic (exact) mass is 410 g/mol. The first kappa shape index (κ1) is 20.4. The van der Waals surface area contributed by atoms with Crippen LogP contribution in [0, 0.1) is 0 Å². The molecule has 0 aliphatic heterocycles. The minimum atomic E-state index is -4.85. The molecule has 0 unspecified atom stereocenters. The topological polar surface area (TPSA) is 0 Å². The molecule has 0 saturated carbocycles. The van der Waals surface area contributed by atoms with Gasteiger partial charge in [-0.3, -0.25) is 0 Å². The lowest BCUT2D eigenvalue weighted by Gasteiger charge is -2.16. The zero-order valence-electron chi connectivity index (χ0n) is 12.8. The van der Waals surface area contributed by atoms with Gasteiger partial charge in [0.1, 0.15) is 0 Å². The predicted octanol–water partition coefficient (Wildman–Crippen LogP) is 7.59. The zero-order valence-corrected chi connectivity index (χ0v) is 14.3. The zero-order chi connectivity index (χ0) is 19.5. The van der Waals surface area contributed by atoms with Gasteiger partial charge in [-0.25, -0.2) is 0 Å². The second-order valence-corrected chi connectivity index (χ2v) is 6.09. The smallest absolute Gasteiger partial charge is 0.167 e. The maximum Gasteiger partial charge on any atom is 0.410 e. The molecule has 0 nitrogen and oxygen atoms in total. The van der Waals surface area contributed by atoms with Crippen LogP contribution in [0.1, 0.15) is 11.1 Å². The van der Waals surface area contributed by atoms with E-state index in [1.165, 1.54) is 36.4 Å². The molecular formula is C18H10Cl2F6. The van der Waals surface area contributed by atoms with E-state index in [-0.39, 0.29) is 33.3 Å². The van der Waals surface area contributed by atoms with E-state index in [9.17, 15) is 26.3 Å². The Hall–Kier alpha value is -1.92. The van der Waals surface area contributed by atoms with Crippen LogP contribution in [0.4, 0.5) is 26.3 Å². The van der Waals surface area contributed by atoms with Gasteiger partial charge in [-0.1, -0.05) is 47.5 Å². The summed E-state index contributed by atoms with van der Waals surface area (Å²) >= 11 is 11.6. The number of allylic oxidation sites excluding steroid dienone is 4. The van der Waals surface area contributed by atoms with Gasteiger partial charge in [0.25, 0.3) is 0 Å². The van der Waals surface area contributed by atoms with Crippen molar-refractivity contribution in [2.45, 2.75) is 12.4 Å². The number of rotatable bonds is 3. The second-order valence-electron chi connectivity index (χ2n) is 5.22. The molecule has 0 fully saturated rings. The number of benzene rings is 2. The molecule has 0 heterocycles. The second kappa shape index (κ2) is 7.76. The van der Waals surface area contributed by atoms with Gasteiger partial charge in [0.2, 0.25) is 0 Å². The van der Waals surface area contributed by atoms with E-state index in [2.05, 4.69) is 0 Å². The Morgan fingerprint density at radius 1 is 0.654 bits per heavy atom. The largest absolute Gasteiger partial charge is 0.410 e. The summed E-state index contributed by atoms with van der Waals surface area (Å²) in [6, 6.07) is 10.3. The van der Waals surface area contributed by atoms with Crippen LogP contribution in [0.3, 0.4) is 0 Å². The third-order valence-electron chi connectivity index (χ3n) is 3.18. The molecule has 2 rings (SSSR count). The van der Waals surface area contributed by atoms with Crippen molar-refractivity contribution in [2.75, 3.05) is 0 Å². The summed E-state index contributed by atoms with van der Waals surface area (Å²) in [7, 11) is 0. The van der Waals surface area contributed by atoms with Crippen LogP contribution in [0.2, 0.25) is 10.0 Å². The van der Waals surface area contributed by atoms with E-state index >= 15 is 0 Å². The highest BCUT2D eigenvalue weighted by Crippen LogP contribution is 2.38. The Kier molecular flexibility index (Phi) is 6.09. The van der Waals surface area contributed by atoms with Crippen LogP contribution in [0.25, 0.3) is 11.1 Å². The fraction of sp³-hybridized carbons (Fsp3) is 0.111. The maximum atomic E-state index is 13.0. The summed E-state index contributed by atoms with van der Waals surface area (Å²) in [5, 5.41) is 0.182. The molecule has 0 N–H and O–H groups in total. The summed E-state index contributed by atoms with van der Waals surface area (Å²) in [6.45, 7) is 0. The first-order chi connectivity index (χ1) is 11.9. The van der Waals surface area contributed by atoms with Gasteiger partial charge in [-0.05, 0) is 46.5 Å². The first-order valence-electron chi connectivity index (χ1n) is 7.06. The Morgan fingerprint density at radius 3 is 1.27 bits per heavy atom. The Labute approximate surface area is 155 Å². The molecule has 138 valence electrons. The van der Waals surface area contributed by atoms with Crippen LogP contribution < -0.4 is 0 Å². The van der Waals surface area contributed by atoms with Crippen molar-refractivity contribution < 1.29 is 26.3 Å². The number of alkyl halides is 6. The van der Waals surface area contributed by atoms with Crippen molar-refractivity contribution in [3.05, 3.63) is 81.9 Å². The van der Waals surface area contributed by atoms with Crippen molar-refractivity contribution in [1.82, 2.24) is 0 Å². The molecule has 0 spiro atoms. The third kappa shape index (κ3) is 6.11. The predicted molar refractivity (Wildman–Crippen MR) is 91.0 cm³/mol. The molecule has 0 amide bonds. The first-order valence-corrected chi connectivity index (χ1v) is 7.82. The molecule has 0 atom stereocenters. The lowest BCUT2D eigenvalue weighted by atomic mass is 9.91. The average Bonchev–Trinajstić information content (AvgIpc) is 2.49. The van der Waals surface area contributed by atoms with Crippen molar-refractivity contribution in [3.63, 3.8) is 0 Å². The molecule has 0 saturated heterocycles. The minimum Gasteiger partial charge on any atom is -0.167 e. The highest BCUT2D eigenvalue weighted by Gasteiger charge is 2.30. The number of halogens is 8. The van der Waals surface area contributed by atoms with E-state index < -0.39 is 23.5 Å². The quantitative estimate of drug-likeness (QED) is 0.361. The maximum absolute atomic E-state index is 13.0. The van der Waals surface area contributed by atoms with Crippen molar-refractivity contribution in [2.24, 2.45) is 0 Å². The summed E-state index contributed by atoms with van der Waals surface area (Å²) in [6.07, 6.45) is -10.1. The molecule has 0 radical (unpaired) electrons. The lowest BCUT2D eigenvalue weighted by molar-refractivity contribution is -0.0810. The summed E-state index contributed by atoms with van der Waals surface area (Å²) in [5.41, 5.74) is -1.55. The normalized spacial score (nSPS) is 13.8. The Balaban J connectivity index is 2.78. The van der Waals surface area contributed by atoms with E-state index in [4.69, 9.17) is 23.2 Å². The average molecular weight is 411 g/mol. The molecule has 0 aliphatic carbocycles. The molecule has 26 heavy (non-hydrogen) atoms. The van der Waals surface area contributed by atoms with Gasteiger partial charge in [0.15, 0.2) is 0 Å². The molecule has 0 aromatic heterocycles. The Morgan fingerprint density at radius 2 is 1.00 bits per heavy atom. The fourth-order valence-electron chi connectivity index (χ4n) is 2.27. The number of hydrogen-bond acceptors (Lipinski definition) is 0. The molecule has 2 aromatic rings. The molecule has 2 aromatic carbocycles. The van der Waals surface area contributed by atoms with Crippen LogP contribution in [-0.2, 0) is 0 Å². The van der Waals surface area contributed by atoms with Crippen LogP contribution in [0.5, 0.6) is 0 Å². The minimum absolute atomic E-state index is 0.0908. The summed E-state index contributed by atoms with van der Waals surface area (Å²) < 4.78 is 78.2. The van der Waals surface area contributed by atoms with Gasteiger partial charge in [0, 0.05) is 22.2 Å². The Bertz CT molecular complexity index is 776. The van der Waals surface area contributed by atoms with E-state index in [1.807, 2.05) is 0 Å².